The molecule has 0 saturated heterocycles. The standard InChI is InChI=1S/C85H166O17P2/c1-5-9-13-17-21-25-28-31-33-35-37-39-41-43-45-47-49-52-56-60-64-68-72-85(90)102-81(76-96-83(88)70-66-62-58-54-51-48-46-44-42-40-38-36-34-32-29-26-22-18-14-10-6-2)78-100-104(93,94)98-74-79(86)73-97-103(91,92)99-77-80(75-95-82(87)69-65-61-57-53-24-20-16-12-8-4)101-84(89)71-67-63-59-55-50-30-27-23-19-15-11-7-3/h79-81,86H,5-78H2,1-4H3,(H,91,92)(H,93,94)/t79-,80+,81+/m0/s1. The van der Waals surface area contributed by atoms with E-state index in [-0.39, 0.29) is 25.7 Å². The molecule has 0 amide bonds. The van der Waals surface area contributed by atoms with Crippen LogP contribution in [0.1, 0.15) is 464 Å². The average Bonchev–Trinajstić information content (AvgIpc) is 0.911. The minimum Gasteiger partial charge on any atom is -0.462 e. The van der Waals surface area contributed by atoms with Crippen molar-refractivity contribution in [3.8, 4) is 0 Å². The number of phosphoric ester groups is 2. The summed E-state index contributed by atoms with van der Waals surface area (Å²) < 4.78 is 68.8. The van der Waals surface area contributed by atoms with Gasteiger partial charge < -0.3 is 33.8 Å². The van der Waals surface area contributed by atoms with Crippen molar-refractivity contribution in [3.63, 3.8) is 0 Å². The first-order valence-corrected chi connectivity index (χ1v) is 47.3. The topological polar surface area (TPSA) is 237 Å². The molecular weight excluding hydrogens is 1350 g/mol. The Hall–Kier alpha value is -1.94. The van der Waals surface area contributed by atoms with Crippen LogP contribution < -0.4 is 0 Å². The van der Waals surface area contributed by atoms with E-state index in [2.05, 4.69) is 27.7 Å². The molecule has 0 aromatic heterocycles. The lowest BCUT2D eigenvalue weighted by Crippen LogP contribution is -2.30. The molecule has 5 atom stereocenters. The minimum atomic E-state index is -4.96. The fourth-order valence-electron chi connectivity index (χ4n) is 13.3. The zero-order chi connectivity index (χ0) is 76.0. The number of aliphatic hydroxyl groups excluding tert-OH is 1. The number of unbranched alkanes of at least 4 members (excludes halogenated alkanes) is 60. The molecule has 0 bridgehead atoms. The average molecular weight is 1520 g/mol. The van der Waals surface area contributed by atoms with Gasteiger partial charge in [0.2, 0.25) is 0 Å². The third-order valence-electron chi connectivity index (χ3n) is 20.1. The summed E-state index contributed by atoms with van der Waals surface area (Å²) in [6.45, 7) is 5.02. The third kappa shape index (κ3) is 78.2. The number of carbonyl (C=O) groups excluding carboxylic acids is 4. The van der Waals surface area contributed by atoms with Gasteiger partial charge in [0.1, 0.15) is 19.3 Å². The van der Waals surface area contributed by atoms with Gasteiger partial charge in [-0.2, -0.15) is 0 Å². The Morgan fingerprint density at radius 2 is 0.385 bits per heavy atom. The highest BCUT2D eigenvalue weighted by Crippen LogP contribution is 2.45. The van der Waals surface area contributed by atoms with Crippen molar-refractivity contribution in [3.05, 3.63) is 0 Å². The van der Waals surface area contributed by atoms with Crippen LogP contribution in [0.5, 0.6) is 0 Å². The molecule has 3 N–H and O–H groups in total. The largest absolute Gasteiger partial charge is 0.472 e. The highest BCUT2D eigenvalue weighted by molar-refractivity contribution is 7.47. The highest BCUT2D eigenvalue weighted by Gasteiger charge is 2.30. The summed E-state index contributed by atoms with van der Waals surface area (Å²) in [5.74, 6) is -2.10. The quantitative estimate of drug-likeness (QED) is 0.0222. The predicted molar refractivity (Wildman–Crippen MR) is 428 cm³/mol. The molecular formula is C85H166O17P2. The number of carbonyl (C=O) groups is 4. The molecule has 0 spiro atoms. The molecule has 0 aromatic rings. The number of phosphoric acid groups is 2. The minimum absolute atomic E-state index is 0.108. The normalized spacial score (nSPS) is 13.7. The lowest BCUT2D eigenvalue weighted by Gasteiger charge is -2.21. The fourth-order valence-corrected chi connectivity index (χ4v) is 14.9. The van der Waals surface area contributed by atoms with E-state index in [0.717, 1.165) is 89.9 Å². The van der Waals surface area contributed by atoms with Gasteiger partial charge in [0.05, 0.1) is 26.4 Å². The van der Waals surface area contributed by atoms with Crippen molar-refractivity contribution >= 4 is 39.5 Å². The summed E-state index contributed by atoms with van der Waals surface area (Å²) in [7, 11) is -9.92. The number of hydrogen-bond donors (Lipinski definition) is 3. The monoisotopic (exact) mass is 1520 g/mol. The summed E-state index contributed by atoms with van der Waals surface area (Å²) in [5, 5.41) is 10.6. The number of hydrogen-bond acceptors (Lipinski definition) is 15. The summed E-state index contributed by atoms with van der Waals surface area (Å²) in [4.78, 5) is 73.0. The second-order valence-corrected chi connectivity index (χ2v) is 33.5. The number of ether oxygens (including phenoxy) is 4. The molecule has 0 radical (unpaired) electrons. The Kier molecular flexibility index (Phi) is 77.7. The van der Waals surface area contributed by atoms with Crippen LogP contribution in [0.25, 0.3) is 0 Å². The van der Waals surface area contributed by atoms with E-state index in [1.165, 1.54) is 295 Å². The van der Waals surface area contributed by atoms with E-state index >= 15 is 0 Å². The maximum absolute atomic E-state index is 13.1. The smallest absolute Gasteiger partial charge is 0.462 e. The maximum atomic E-state index is 13.1. The van der Waals surface area contributed by atoms with E-state index in [1.54, 1.807) is 0 Å². The molecule has 0 rings (SSSR count). The van der Waals surface area contributed by atoms with Gasteiger partial charge >= 0.3 is 39.5 Å². The number of rotatable bonds is 86. The molecule has 17 nitrogen and oxygen atoms in total. The van der Waals surface area contributed by atoms with Gasteiger partial charge in [-0.1, -0.05) is 413 Å². The van der Waals surface area contributed by atoms with Crippen molar-refractivity contribution < 1.29 is 80.2 Å². The van der Waals surface area contributed by atoms with Crippen LogP contribution in [0.4, 0.5) is 0 Å². The van der Waals surface area contributed by atoms with Crippen LogP contribution in [0, 0.1) is 0 Å². The van der Waals surface area contributed by atoms with Crippen molar-refractivity contribution in [1.82, 2.24) is 0 Å². The molecule has 0 aromatic carbocycles. The first-order chi connectivity index (χ1) is 50.7. The van der Waals surface area contributed by atoms with E-state index in [1.807, 2.05) is 0 Å². The Balaban J connectivity index is 5.17. The van der Waals surface area contributed by atoms with Gasteiger partial charge in [0.25, 0.3) is 0 Å². The Morgan fingerprint density at radius 3 is 0.567 bits per heavy atom. The van der Waals surface area contributed by atoms with Crippen molar-refractivity contribution in [2.24, 2.45) is 0 Å². The van der Waals surface area contributed by atoms with Crippen molar-refractivity contribution in [2.75, 3.05) is 39.6 Å². The van der Waals surface area contributed by atoms with E-state index in [4.69, 9.17) is 37.0 Å². The number of esters is 4. The maximum Gasteiger partial charge on any atom is 0.472 e. The summed E-state index contributed by atoms with van der Waals surface area (Å²) >= 11 is 0. The van der Waals surface area contributed by atoms with Gasteiger partial charge in [0, 0.05) is 25.7 Å². The third-order valence-corrected chi connectivity index (χ3v) is 22.0. The lowest BCUT2D eigenvalue weighted by atomic mass is 10.0. The second kappa shape index (κ2) is 79.2. The van der Waals surface area contributed by atoms with Crippen LogP contribution in [0.15, 0.2) is 0 Å². The van der Waals surface area contributed by atoms with E-state index < -0.39 is 97.5 Å². The van der Waals surface area contributed by atoms with Gasteiger partial charge in [0.15, 0.2) is 12.2 Å². The number of aliphatic hydroxyl groups is 1. The highest BCUT2D eigenvalue weighted by atomic mass is 31.2. The molecule has 2 unspecified atom stereocenters. The first kappa shape index (κ1) is 102. The molecule has 0 aliphatic heterocycles. The van der Waals surface area contributed by atoms with Gasteiger partial charge in [-0.05, 0) is 25.7 Å². The Bertz CT molecular complexity index is 1960. The van der Waals surface area contributed by atoms with Crippen LogP contribution >= 0.6 is 15.6 Å². The summed E-state index contributed by atoms with van der Waals surface area (Å²) in [5.41, 5.74) is 0. The lowest BCUT2D eigenvalue weighted by molar-refractivity contribution is -0.161. The summed E-state index contributed by atoms with van der Waals surface area (Å²) in [6, 6.07) is 0. The van der Waals surface area contributed by atoms with Crippen LogP contribution in [-0.4, -0.2) is 96.7 Å². The molecule has 104 heavy (non-hydrogen) atoms. The molecule has 618 valence electrons. The predicted octanol–water partition coefficient (Wildman–Crippen LogP) is 26.1. The van der Waals surface area contributed by atoms with E-state index in [9.17, 15) is 43.2 Å². The van der Waals surface area contributed by atoms with Crippen molar-refractivity contribution in [2.45, 2.75) is 483 Å². The SMILES string of the molecule is CCCCCCCCCCCCCCCCCCCCCCCCC(=O)O[C@H](COC(=O)CCCCCCCCCCCCCCCCCCCCCCC)COP(=O)(O)OC[C@@H](O)COP(=O)(O)OC[C@@H](COC(=O)CCCCCCCCCCC)OC(=O)CCCCCCCCCCCCCC. The first-order valence-electron chi connectivity index (χ1n) is 44.3. The van der Waals surface area contributed by atoms with E-state index in [0.29, 0.717) is 25.7 Å². The van der Waals surface area contributed by atoms with Gasteiger partial charge in [-0.15, -0.1) is 0 Å². The van der Waals surface area contributed by atoms with Crippen molar-refractivity contribution in [1.29, 1.82) is 0 Å². The second-order valence-electron chi connectivity index (χ2n) is 30.6. The zero-order valence-electron chi connectivity index (χ0n) is 68.0. The van der Waals surface area contributed by atoms with Gasteiger partial charge in [-0.3, -0.25) is 37.3 Å². The Morgan fingerprint density at radius 1 is 0.231 bits per heavy atom. The van der Waals surface area contributed by atoms with Crippen LogP contribution in [0.2, 0.25) is 0 Å². The molecule has 0 aliphatic carbocycles. The molecule has 0 aliphatic rings. The summed E-state index contributed by atoms with van der Waals surface area (Å²) in [6.07, 6.45) is 73.8. The van der Waals surface area contributed by atoms with Crippen LogP contribution in [0.3, 0.4) is 0 Å². The molecule has 19 heteroatoms. The molecule has 0 fully saturated rings. The Labute approximate surface area is 638 Å². The van der Waals surface area contributed by atoms with Gasteiger partial charge in [-0.25, -0.2) is 9.13 Å². The molecule has 0 saturated carbocycles. The fraction of sp³-hybridized carbons (Fsp3) is 0.953. The molecule has 0 heterocycles. The zero-order valence-corrected chi connectivity index (χ0v) is 69.8. The van der Waals surface area contributed by atoms with Crippen LogP contribution in [-0.2, 0) is 65.4 Å².